The SMILES string of the molecule is CNC(C)C(=O)CCC1CC1. The molecule has 11 heavy (non-hydrogen) atoms. The predicted molar refractivity (Wildman–Crippen MR) is 45.5 cm³/mol. The van der Waals surface area contributed by atoms with Gasteiger partial charge in [-0.1, -0.05) is 12.8 Å². The summed E-state index contributed by atoms with van der Waals surface area (Å²) in [6.45, 7) is 1.93. The zero-order chi connectivity index (χ0) is 8.27. The Balaban J connectivity index is 2.08. The van der Waals surface area contributed by atoms with Crippen molar-refractivity contribution in [3.63, 3.8) is 0 Å². The molecule has 1 aliphatic carbocycles. The van der Waals surface area contributed by atoms with Crippen LogP contribution >= 0.6 is 0 Å². The molecule has 0 heterocycles. The zero-order valence-corrected chi connectivity index (χ0v) is 7.39. The molecule has 0 radical (unpaired) electrons. The van der Waals surface area contributed by atoms with Crippen LogP contribution in [-0.4, -0.2) is 18.9 Å². The summed E-state index contributed by atoms with van der Waals surface area (Å²) in [6, 6.07) is 0.0498. The van der Waals surface area contributed by atoms with Crippen molar-refractivity contribution < 1.29 is 4.79 Å². The lowest BCUT2D eigenvalue weighted by atomic mass is 10.1. The quantitative estimate of drug-likeness (QED) is 0.649. The van der Waals surface area contributed by atoms with Gasteiger partial charge in [0.15, 0.2) is 0 Å². The predicted octanol–water partition coefficient (Wildman–Crippen LogP) is 1.35. The van der Waals surface area contributed by atoms with E-state index in [1.54, 1.807) is 0 Å². The number of hydrogen-bond acceptors (Lipinski definition) is 2. The van der Waals surface area contributed by atoms with Crippen LogP contribution in [0.1, 0.15) is 32.6 Å². The van der Waals surface area contributed by atoms with Gasteiger partial charge >= 0.3 is 0 Å². The molecular weight excluding hydrogens is 138 g/mol. The summed E-state index contributed by atoms with van der Waals surface area (Å²) in [4.78, 5) is 11.2. The molecule has 1 rings (SSSR count). The lowest BCUT2D eigenvalue weighted by Gasteiger charge is -2.07. The highest BCUT2D eigenvalue weighted by atomic mass is 16.1. The summed E-state index contributed by atoms with van der Waals surface area (Å²) in [5, 5.41) is 2.96. The topological polar surface area (TPSA) is 29.1 Å². The van der Waals surface area contributed by atoms with Gasteiger partial charge in [-0.15, -0.1) is 0 Å². The van der Waals surface area contributed by atoms with Crippen molar-refractivity contribution in [2.24, 2.45) is 5.92 Å². The Hall–Kier alpha value is -0.370. The van der Waals surface area contributed by atoms with Gasteiger partial charge in [0.1, 0.15) is 5.78 Å². The molecule has 1 atom stereocenters. The van der Waals surface area contributed by atoms with E-state index in [-0.39, 0.29) is 6.04 Å². The molecule has 0 aromatic rings. The third kappa shape index (κ3) is 3.02. The maximum absolute atomic E-state index is 11.2. The lowest BCUT2D eigenvalue weighted by molar-refractivity contribution is -0.120. The summed E-state index contributed by atoms with van der Waals surface area (Å²) in [5.41, 5.74) is 0. The molecule has 0 aromatic carbocycles. The van der Waals surface area contributed by atoms with E-state index >= 15 is 0 Å². The van der Waals surface area contributed by atoms with E-state index in [1.165, 1.54) is 12.8 Å². The van der Waals surface area contributed by atoms with E-state index in [0.717, 1.165) is 18.8 Å². The Morgan fingerprint density at radius 3 is 2.73 bits per heavy atom. The van der Waals surface area contributed by atoms with Gasteiger partial charge in [-0.3, -0.25) is 4.79 Å². The molecule has 1 unspecified atom stereocenters. The van der Waals surface area contributed by atoms with Crippen molar-refractivity contribution in [2.45, 2.75) is 38.6 Å². The maximum Gasteiger partial charge on any atom is 0.149 e. The van der Waals surface area contributed by atoms with Crippen LogP contribution < -0.4 is 5.32 Å². The Morgan fingerprint density at radius 2 is 2.27 bits per heavy atom. The van der Waals surface area contributed by atoms with Gasteiger partial charge in [0.2, 0.25) is 0 Å². The van der Waals surface area contributed by atoms with E-state index in [1.807, 2.05) is 14.0 Å². The van der Waals surface area contributed by atoms with Crippen LogP contribution in [0.2, 0.25) is 0 Å². The smallest absolute Gasteiger partial charge is 0.149 e. The number of likely N-dealkylation sites (N-methyl/N-ethyl adjacent to an activating group) is 1. The summed E-state index contributed by atoms with van der Waals surface area (Å²) in [7, 11) is 1.83. The molecular formula is C9H17NO. The molecule has 0 aromatic heterocycles. The molecule has 0 amide bonds. The van der Waals surface area contributed by atoms with Crippen LogP contribution in [0.15, 0.2) is 0 Å². The second-order valence-electron chi connectivity index (χ2n) is 3.46. The van der Waals surface area contributed by atoms with Gasteiger partial charge in [-0.2, -0.15) is 0 Å². The first-order valence-corrected chi connectivity index (χ1v) is 4.44. The molecule has 0 bridgehead atoms. The van der Waals surface area contributed by atoms with Crippen LogP contribution in [0, 0.1) is 5.92 Å². The minimum Gasteiger partial charge on any atom is -0.311 e. The number of rotatable bonds is 5. The van der Waals surface area contributed by atoms with E-state index in [4.69, 9.17) is 0 Å². The van der Waals surface area contributed by atoms with Crippen molar-refractivity contribution >= 4 is 5.78 Å². The van der Waals surface area contributed by atoms with Crippen LogP contribution in [0.5, 0.6) is 0 Å². The van der Waals surface area contributed by atoms with E-state index in [0.29, 0.717) is 5.78 Å². The number of carbonyl (C=O) groups is 1. The van der Waals surface area contributed by atoms with Crippen molar-refractivity contribution in [1.29, 1.82) is 0 Å². The fraction of sp³-hybridized carbons (Fsp3) is 0.889. The van der Waals surface area contributed by atoms with Crippen molar-refractivity contribution in [3.05, 3.63) is 0 Å². The largest absolute Gasteiger partial charge is 0.311 e. The highest BCUT2D eigenvalue weighted by Gasteiger charge is 2.22. The van der Waals surface area contributed by atoms with E-state index in [2.05, 4.69) is 5.32 Å². The van der Waals surface area contributed by atoms with Gasteiger partial charge in [-0.05, 0) is 26.3 Å². The van der Waals surface area contributed by atoms with Crippen LogP contribution in [0.25, 0.3) is 0 Å². The average Bonchev–Trinajstić information content (AvgIpc) is 2.81. The number of Topliss-reactive ketones (excluding diaryl/α,β-unsaturated/α-hetero) is 1. The minimum absolute atomic E-state index is 0.0498. The van der Waals surface area contributed by atoms with Gasteiger partial charge in [-0.25, -0.2) is 0 Å². The number of carbonyl (C=O) groups excluding carboxylic acids is 1. The van der Waals surface area contributed by atoms with E-state index in [9.17, 15) is 4.79 Å². The third-order valence-electron chi connectivity index (χ3n) is 2.41. The molecule has 1 N–H and O–H groups in total. The molecule has 0 saturated heterocycles. The summed E-state index contributed by atoms with van der Waals surface area (Å²) >= 11 is 0. The first-order chi connectivity index (χ1) is 5.24. The lowest BCUT2D eigenvalue weighted by Crippen LogP contribution is -2.30. The molecule has 1 saturated carbocycles. The Kier molecular flexibility index (Phi) is 3.06. The van der Waals surface area contributed by atoms with Gasteiger partial charge in [0.05, 0.1) is 6.04 Å². The second-order valence-corrected chi connectivity index (χ2v) is 3.46. The Bertz CT molecular complexity index is 140. The number of hydrogen-bond donors (Lipinski definition) is 1. The van der Waals surface area contributed by atoms with Gasteiger partial charge in [0.25, 0.3) is 0 Å². The standard InChI is InChI=1S/C9H17NO/c1-7(10-2)9(11)6-5-8-3-4-8/h7-8,10H,3-6H2,1-2H3. The molecule has 64 valence electrons. The Morgan fingerprint density at radius 1 is 1.64 bits per heavy atom. The van der Waals surface area contributed by atoms with E-state index < -0.39 is 0 Å². The second kappa shape index (κ2) is 3.86. The molecule has 0 spiro atoms. The summed E-state index contributed by atoms with van der Waals surface area (Å²) in [6.07, 6.45) is 4.58. The fourth-order valence-corrected chi connectivity index (χ4v) is 1.13. The first-order valence-electron chi connectivity index (χ1n) is 4.44. The molecule has 0 aliphatic heterocycles. The first kappa shape index (κ1) is 8.72. The third-order valence-corrected chi connectivity index (χ3v) is 2.41. The number of ketones is 1. The van der Waals surface area contributed by atoms with Crippen LogP contribution in [0.3, 0.4) is 0 Å². The molecule has 2 heteroatoms. The van der Waals surface area contributed by atoms with Crippen molar-refractivity contribution in [1.82, 2.24) is 5.32 Å². The van der Waals surface area contributed by atoms with Crippen LogP contribution in [-0.2, 0) is 4.79 Å². The van der Waals surface area contributed by atoms with Crippen molar-refractivity contribution in [2.75, 3.05) is 7.05 Å². The van der Waals surface area contributed by atoms with Crippen LogP contribution in [0.4, 0.5) is 0 Å². The summed E-state index contributed by atoms with van der Waals surface area (Å²) < 4.78 is 0. The molecule has 1 aliphatic rings. The number of nitrogens with one attached hydrogen (secondary N) is 1. The monoisotopic (exact) mass is 155 g/mol. The Labute approximate surface area is 68.4 Å². The zero-order valence-electron chi connectivity index (χ0n) is 7.39. The van der Waals surface area contributed by atoms with Gasteiger partial charge < -0.3 is 5.32 Å². The molecule has 1 fully saturated rings. The highest BCUT2D eigenvalue weighted by molar-refractivity contribution is 5.83. The fourth-order valence-electron chi connectivity index (χ4n) is 1.13. The maximum atomic E-state index is 11.2. The minimum atomic E-state index is 0.0498. The van der Waals surface area contributed by atoms with Crippen molar-refractivity contribution in [3.8, 4) is 0 Å². The molecule has 2 nitrogen and oxygen atoms in total. The highest BCUT2D eigenvalue weighted by Crippen LogP contribution is 2.33. The van der Waals surface area contributed by atoms with Gasteiger partial charge in [0, 0.05) is 6.42 Å². The average molecular weight is 155 g/mol. The summed E-state index contributed by atoms with van der Waals surface area (Å²) in [5.74, 6) is 1.24. The normalized spacial score (nSPS) is 19.8.